The third-order valence-corrected chi connectivity index (χ3v) is 13.4. The fourth-order valence-corrected chi connectivity index (χ4v) is 10.2. The van der Waals surface area contributed by atoms with Crippen LogP contribution in [0.2, 0.25) is 0 Å². The quantitative estimate of drug-likeness (QED) is 0.152. The normalized spacial score (nSPS) is 11.6. The largest absolute Gasteiger partial charge is 0.455 e. The van der Waals surface area contributed by atoms with E-state index in [9.17, 15) is 0 Å². The molecule has 2 heterocycles. The number of para-hydroxylation sites is 3. The van der Waals surface area contributed by atoms with Gasteiger partial charge in [-0.05, 0) is 123 Å². The molecule has 0 aliphatic heterocycles. The second kappa shape index (κ2) is 16.0. The van der Waals surface area contributed by atoms with Gasteiger partial charge in [0.05, 0.1) is 11.0 Å². The second-order valence-corrected chi connectivity index (χ2v) is 17.3. The molecule has 0 aliphatic rings. The van der Waals surface area contributed by atoms with E-state index in [1.165, 1.54) is 49.3 Å². The zero-order valence-electron chi connectivity index (χ0n) is 36.6. The molecule has 0 aliphatic carbocycles. The summed E-state index contributed by atoms with van der Waals surface area (Å²) >= 11 is 0. The molecule has 314 valence electrons. The van der Waals surface area contributed by atoms with E-state index >= 15 is 0 Å². The van der Waals surface area contributed by atoms with Crippen LogP contribution in [0.1, 0.15) is 0 Å². The predicted octanol–water partition coefficient (Wildman–Crippen LogP) is 18.0. The molecule has 0 saturated heterocycles. The van der Waals surface area contributed by atoms with Gasteiger partial charge in [-0.1, -0.05) is 182 Å². The molecule has 2 aromatic heterocycles. The van der Waals surface area contributed by atoms with Crippen molar-refractivity contribution in [2.45, 2.75) is 0 Å². The highest BCUT2D eigenvalue weighted by Gasteiger charge is 2.17. The number of hydrogen-bond donors (Lipinski definition) is 0. The van der Waals surface area contributed by atoms with Gasteiger partial charge in [-0.15, -0.1) is 0 Å². The van der Waals surface area contributed by atoms with Crippen LogP contribution in [0.3, 0.4) is 0 Å². The van der Waals surface area contributed by atoms with Crippen molar-refractivity contribution in [3.63, 3.8) is 0 Å². The number of aromatic nitrogens is 1. The number of hydrogen-bond acceptors (Lipinski definition) is 2. The van der Waals surface area contributed by atoms with Crippen LogP contribution in [0.25, 0.3) is 105 Å². The van der Waals surface area contributed by atoms with Gasteiger partial charge >= 0.3 is 0 Å². The van der Waals surface area contributed by atoms with E-state index < -0.39 is 0 Å². The van der Waals surface area contributed by atoms with Crippen molar-refractivity contribution >= 4 is 71.6 Å². The summed E-state index contributed by atoms with van der Waals surface area (Å²) < 4.78 is 8.90. The fourth-order valence-electron chi connectivity index (χ4n) is 10.2. The smallest absolute Gasteiger partial charge is 0.143 e. The highest BCUT2D eigenvalue weighted by Crippen LogP contribution is 2.41. The van der Waals surface area contributed by atoms with Crippen LogP contribution in [0.5, 0.6) is 0 Å². The fraction of sp³-hybridized carbons (Fsp3) is 0. The van der Waals surface area contributed by atoms with Gasteiger partial charge in [0.2, 0.25) is 0 Å². The highest BCUT2D eigenvalue weighted by atomic mass is 16.3. The van der Waals surface area contributed by atoms with E-state index in [2.05, 4.69) is 258 Å². The minimum atomic E-state index is 0.888. The summed E-state index contributed by atoms with van der Waals surface area (Å²) in [5.74, 6) is 0. The van der Waals surface area contributed by atoms with E-state index in [4.69, 9.17) is 4.42 Å². The summed E-state index contributed by atoms with van der Waals surface area (Å²) in [6, 6.07) is 91.8. The average Bonchev–Trinajstić information content (AvgIpc) is 3.95. The maximum atomic E-state index is 6.52. The van der Waals surface area contributed by atoms with Crippen molar-refractivity contribution in [3.8, 4) is 50.2 Å². The SMILES string of the molecule is c1ccc(-c2cccc3c2oc2ccc(-c4ccc(N(c5ccc(-c6cccc(-n7c8ccccc8c8ccccc87)c6)cc5)c5ccc(-c6cccc7ccccc67)cc5)cc4)cc23)cc1. The first-order valence-corrected chi connectivity index (χ1v) is 22.9. The van der Waals surface area contributed by atoms with Crippen LogP contribution in [0.4, 0.5) is 17.1 Å². The van der Waals surface area contributed by atoms with Crippen LogP contribution in [-0.2, 0) is 0 Å². The summed E-state index contributed by atoms with van der Waals surface area (Å²) in [6.07, 6.45) is 0. The zero-order chi connectivity index (χ0) is 44.3. The lowest BCUT2D eigenvalue weighted by Crippen LogP contribution is -2.09. The molecule has 0 bridgehead atoms. The molecular weight excluding hydrogens is 813 g/mol. The van der Waals surface area contributed by atoms with Crippen LogP contribution in [0, 0.1) is 0 Å². The summed E-state index contributed by atoms with van der Waals surface area (Å²) in [6.45, 7) is 0. The second-order valence-electron chi connectivity index (χ2n) is 17.3. The van der Waals surface area contributed by atoms with E-state index in [1.54, 1.807) is 0 Å². The molecule has 11 aromatic carbocycles. The Hall–Kier alpha value is -8.92. The maximum Gasteiger partial charge on any atom is 0.143 e. The topological polar surface area (TPSA) is 21.3 Å². The average molecular weight is 855 g/mol. The third kappa shape index (κ3) is 6.67. The minimum Gasteiger partial charge on any atom is -0.455 e. The van der Waals surface area contributed by atoms with Crippen LogP contribution >= 0.6 is 0 Å². The van der Waals surface area contributed by atoms with Gasteiger partial charge in [0.1, 0.15) is 11.2 Å². The lowest BCUT2D eigenvalue weighted by atomic mass is 9.98. The maximum absolute atomic E-state index is 6.52. The summed E-state index contributed by atoms with van der Waals surface area (Å²) in [4.78, 5) is 2.35. The van der Waals surface area contributed by atoms with Crippen LogP contribution in [-0.4, -0.2) is 4.57 Å². The molecule has 0 atom stereocenters. The van der Waals surface area contributed by atoms with Gasteiger partial charge in [0.25, 0.3) is 0 Å². The summed E-state index contributed by atoms with van der Waals surface area (Å²) in [5.41, 5.74) is 17.9. The molecule has 0 spiro atoms. The number of furan rings is 1. The predicted molar refractivity (Wildman–Crippen MR) is 282 cm³/mol. The number of rotatable bonds is 8. The zero-order valence-corrected chi connectivity index (χ0v) is 36.6. The molecule has 3 heteroatoms. The Morgan fingerprint density at radius 3 is 1.46 bits per heavy atom. The molecule has 13 rings (SSSR count). The molecular formula is C64H42N2O. The molecule has 0 fully saturated rings. The van der Waals surface area contributed by atoms with Gasteiger partial charge in [-0.25, -0.2) is 0 Å². The Balaban J connectivity index is 0.872. The molecule has 0 amide bonds. The van der Waals surface area contributed by atoms with Crippen molar-refractivity contribution in [3.05, 3.63) is 255 Å². The molecule has 0 N–H and O–H groups in total. The number of benzene rings is 11. The Bertz CT molecular complexity index is 3900. The highest BCUT2D eigenvalue weighted by molar-refractivity contribution is 6.11. The number of anilines is 3. The van der Waals surface area contributed by atoms with Gasteiger partial charge < -0.3 is 13.9 Å². The van der Waals surface area contributed by atoms with Crippen molar-refractivity contribution in [2.24, 2.45) is 0 Å². The first-order chi connectivity index (χ1) is 33.2. The monoisotopic (exact) mass is 854 g/mol. The molecule has 3 nitrogen and oxygen atoms in total. The Labute approximate surface area is 388 Å². The first kappa shape index (κ1) is 38.5. The summed E-state index contributed by atoms with van der Waals surface area (Å²) in [7, 11) is 0. The van der Waals surface area contributed by atoms with Gasteiger partial charge in [-0.2, -0.15) is 0 Å². The minimum absolute atomic E-state index is 0.888. The van der Waals surface area contributed by atoms with Crippen molar-refractivity contribution < 1.29 is 4.42 Å². The van der Waals surface area contributed by atoms with E-state index in [0.29, 0.717) is 0 Å². The molecule has 13 aromatic rings. The Kier molecular flexibility index (Phi) is 9.17. The lowest BCUT2D eigenvalue weighted by molar-refractivity contribution is 0.670. The summed E-state index contributed by atoms with van der Waals surface area (Å²) in [5, 5.41) is 7.25. The molecule has 0 radical (unpaired) electrons. The standard InChI is InChI=1S/C64H42N2O/c1-2-13-46(14-3-1)56-23-12-24-59-60-42-49(33-40-63(60)67-64(56)59)44-29-36-51(37-30-44)65(52-38-31-47(32-39-52)55-22-11-16-45-15-4-5-19-54(45)55)50-34-27-43(28-35-50)48-17-10-18-53(41-48)66-61-25-8-6-20-57(61)58-21-7-9-26-62(58)66/h1-42H. The van der Waals surface area contributed by atoms with Crippen molar-refractivity contribution in [1.29, 1.82) is 0 Å². The van der Waals surface area contributed by atoms with Crippen molar-refractivity contribution in [2.75, 3.05) is 4.90 Å². The molecule has 0 unspecified atom stereocenters. The molecule has 67 heavy (non-hydrogen) atoms. The number of fused-ring (bicyclic) bond motifs is 7. The van der Waals surface area contributed by atoms with Gasteiger partial charge in [0, 0.05) is 49.9 Å². The van der Waals surface area contributed by atoms with E-state index in [1.807, 2.05) is 6.07 Å². The molecule has 0 saturated carbocycles. The lowest BCUT2D eigenvalue weighted by Gasteiger charge is -2.26. The van der Waals surface area contributed by atoms with Crippen LogP contribution in [0.15, 0.2) is 259 Å². The van der Waals surface area contributed by atoms with Crippen molar-refractivity contribution in [1.82, 2.24) is 4.57 Å². The van der Waals surface area contributed by atoms with E-state index in [-0.39, 0.29) is 0 Å². The van der Waals surface area contributed by atoms with Crippen LogP contribution < -0.4 is 4.90 Å². The third-order valence-electron chi connectivity index (χ3n) is 13.4. The van der Waals surface area contributed by atoms with Gasteiger partial charge in [0.15, 0.2) is 0 Å². The first-order valence-electron chi connectivity index (χ1n) is 22.9. The Morgan fingerprint density at radius 2 is 0.776 bits per heavy atom. The van der Waals surface area contributed by atoms with Gasteiger partial charge in [-0.3, -0.25) is 0 Å². The Morgan fingerprint density at radius 1 is 0.299 bits per heavy atom. The van der Waals surface area contributed by atoms with E-state index in [0.717, 1.165) is 72.5 Å². The number of nitrogens with zero attached hydrogens (tertiary/aromatic N) is 2.